The Hall–Kier alpha value is -4.70. The van der Waals surface area contributed by atoms with Crippen LogP contribution >= 0.6 is 0 Å². The molecule has 0 saturated carbocycles. The molecule has 200 valence electrons. The summed E-state index contributed by atoms with van der Waals surface area (Å²) in [5.41, 5.74) is 4.62. The first-order valence-electron chi connectivity index (χ1n) is 12.4. The van der Waals surface area contributed by atoms with E-state index < -0.39 is 11.9 Å². The fourth-order valence-electron chi connectivity index (χ4n) is 4.54. The Balaban J connectivity index is 1.51. The van der Waals surface area contributed by atoms with Crippen molar-refractivity contribution >= 4 is 51.9 Å². The number of hydrogen-bond donors (Lipinski definition) is 2. The van der Waals surface area contributed by atoms with Gasteiger partial charge in [0, 0.05) is 29.7 Å². The van der Waals surface area contributed by atoms with Gasteiger partial charge in [0.05, 0.1) is 30.0 Å². The van der Waals surface area contributed by atoms with Crippen LogP contribution in [0.25, 0.3) is 11.3 Å². The van der Waals surface area contributed by atoms with Gasteiger partial charge in [-0.05, 0) is 74.3 Å². The number of nitrogens with zero attached hydrogens (tertiary/aromatic N) is 3. The number of anilines is 4. The third-order valence-electron chi connectivity index (χ3n) is 6.55. The number of rotatable bonds is 7. The highest BCUT2D eigenvalue weighted by atomic mass is 19.1. The number of fused-ring (bicyclic) bond motifs is 1. The summed E-state index contributed by atoms with van der Waals surface area (Å²) in [5, 5.41) is 6.10. The van der Waals surface area contributed by atoms with Crippen LogP contribution in [-0.2, 0) is 14.3 Å². The monoisotopic (exact) mass is 529 g/mol. The summed E-state index contributed by atoms with van der Waals surface area (Å²) in [5.74, 6) is -0.858. The Morgan fingerprint density at radius 1 is 1.03 bits per heavy atom. The number of carbonyl (C=O) groups excluding carboxylic acids is 3. The van der Waals surface area contributed by atoms with Crippen LogP contribution in [0.3, 0.4) is 0 Å². The quantitative estimate of drug-likeness (QED) is 0.445. The summed E-state index contributed by atoms with van der Waals surface area (Å²) < 4.78 is 18.9. The van der Waals surface area contributed by atoms with Gasteiger partial charge in [-0.15, -0.1) is 0 Å². The zero-order valence-corrected chi connectivity index (χ0v) is 21.8. The van der Waals surface area contributed by atoms with Crippen LogP contribution in [0.15, 0.2) is 66.7 Å². The fourth-order valence-corrected chi connectivity index (χ4v) is 4.54. The molecular weight excluding hydrogens is 501 g/mol. The van der Waals surface area contributed by atoms with Crippen molar-refractivity contribution in [2.75, 3.05) is 61.3 Å². The lowest BCUT2D eigenvalue weighted by Crippen LogP contribution is -2.34. The average Bonchev–Trinajstić information content (AvgIpc) is 3.48. The first-order valence-corrected chi connectivity index (χ1v) is 12.4. The summed E-state index contributed by atoms with van der Waals surface area (Å²) in [4.78, 5) is 42.5. The molecule has 2 N–H and O–H groups in total. The standard InChI is InChI=1S/C29H28FN5O4/c1-33(2)17-25(36)34(3)21-11-7-20(8-12-21)31-27(26-23-13-6-19(30)16-24(23)32-28(26)37)18-4-9-22(10-5-18)35-14-15-39-29(35)38/h4-13,16,31H,14-15,17H2,1-3H3,(H,32,37)/b27-26-. The fraction of sp³-hybridized carbons (Fsp3) is 0.207. The van der Waals surface area contributed by atoms with Gasteiger partial charge in [-0.2, -0.15) is 0 Å². The molecule has 3 aromatic carbocycles. The van der Waals surface area contributed by atoms with Crippen LogP contribution < -0.4 is 20.4 Å². The molecule has 0 aromatic heterocycles. The second-order valence-corrected chi connectivity index (χ2v) is 9.57. The molecule has 3 amide bonds. The first kappa shape index (κ1) is 25.9. The lowest BCUT2D eigenvalue weighted by atomic mass is 9.99. The smallest absolute Gasteiger partial charge is 0.414 e. The molecule has 2 aliphatic heterocycles. The number of cyclic esters (lactones) is 1. The Labute approximate surface area is 225 Å². The van der Waals surface area contributed by atoms with Crippen LogP contribution in [0.5, 0.6) is 0 Å². The van der Waals surface area contributed by atoms with Crippen LogP contribution in [0.2, 0.25) is 0 Å². The number of amides is 3. The third-order valence-corrected chi connectivity index (χ3v) is 6.55. The lowest BCUT2D eigenvalue weighted by Gasteiger charge is -2.21. The summed E-state index contributed by atoms with van der Waals surface area (Å²) in [6.07, 6.45) is -0.403. The molecular formula is C29H28FN5O4. The maximum atomic E-state index is 13.9. The Morgan fingerprint density at radius 3 is 2.38 bits per heavy atom. The van der Waals surface area contributed by atoms with Crippen molar-refractivity contribution in [1.82, 2.24) is 4.90 Å². The molecule has 0 radical (unpaired) electrons. The van der Waals surface area contributed by atoms with E-state index in [1.807, 2.05) is 55.4 Å². The molecule has 1 saturated heterocycles. The van der Waals surface area contributed by atoms with Crippen LogP contribution in [-0.4, -0.2) is 63.6 Å². The van der Waals surface area contributed by atoms with Crippen molar-refractivity contribution < 1.29 is 23.5 Å². The zero-order valence-electron chi connectivity index (χ0n) is 21.8. The number of likely N-dealkylation sites (N-methyl/N-ethyl adjacent to an activating group) is 2. The van der Waals surface area contributed by atoms with Crippen LogP contribution in [0, 0.1) is 5.82 Å². The number of carbonyl (C=O) groups is 3. The van der Waals surface area contributed by atoms with E-state index in [0.29, 0.717) is 52.6 Å². The summed E-state index contributed by atoms with van der Waals surface area (Å²) in [6, 6.07) is 18.7. The maximum Gasteiger partial charge on any atom is 0.414 e. The second kappa shape index (κ2) is 10.6. The van der Waals surface area contributed by atoms with E-state index >= 15 is 0 Å². The van der Waals surface area contributed by atoms with Gasteiger partial charge < -0.3 is 25.2 Å². The lowest BCUT2D eigenvalue weighted by molar-refractivity contribution is -0.119. The van der Waals surface area contributed by atoms with Crippen LogP contribution in [0.4, 0.5) is 31.9 Å². The van der Waals surface area contributed by atoms with Crippen molar-refractivity contribution in [3.05, 3.63) is 83.7 Å². The molecule has 0 unspecified atom stereocenters. The number of halogens is 1. The first-order chi connectivity index (χ1) is 18.7. The van der Waals surface area contributed by atoms with Gasteiger partial charge in [0.15, 0.2) is 0 Å². The molecule has 0 spiro atoms. The average molecular weight is 530 g/mol. The molecule has 5 rings (SSSR count). The Bertz CT molecular complexity index is 1470. The van der Waals surface area contributed by atoms with Crippen molar-refractivity contribution in [3.63, 3.8) is 0 Å². The minimum atomic E-state index is -0.449. The molecule has 0 aliphatic carbocycles. The topological polar surface area (TPSA) is 94.2 Å². The molecule has 2 aliphatic rings. The molecule has 2 heterocycles. The van der Waals surface area contributed by atoms with Gasteiger partial charge in [0.1, 0.15) is 12.4 Å². The molecule has 9 nitrogen and oxygen atoms in total. The van der Waals surface area contributed by atoms with E-state index in [-0.39, 0.29) is 18.4 Å². The Kier molecular flexibility index (Phi) is 7.03. The minimum Gasteiger partial charge on any atom is -0.447 e. The van der Waals surface area contributed by atoms with Gasteiger partial charge in [0.2, 0.25) is 5.91 Å². The van der Waals surface area contributed by atoms with Gasteiger partial charge in [0.25, 0.3) is 5.91 Å². The van der Waals surface area contributed by atoms with Crippen molar-refractivity contribution in [1.29, 1.82) is 0 Å². The molecule has 39 heavy (non-hydrogen) atoms. The maximum absolute atomic E-state index is 13.9. The zero-order chi connectivity index (χ0) is 27.7. The molecule has 1 fully saturated rings. The number of benzene rings is 3. The third kappa shape index (κ3) is 5.32. The predicted molar refractivity (Wildman–Crippen MR) is 149 cm³/mol. The summed E-state index contributed by atoms with van der Waals surface area (Å²) in [7, 11) is 5.39. The van der Waals surface area contributed by atoms with Gasteiger partial charge in [-0.1, -0.05) is 12.1 Å². The molecule has 3 aromatic rings. The highest BCUT2D eigenvalue weighted by molar-refractivity contribution is 6.37. The van der Waals surface area contributed by atoms with E-state index in [1.165, 1.54) is 17.0 Å². The number of hydrogen-bond acceptors (Lipinski definition) is 6. The minimum absolute atomic E-state index is 0.0445. The molecule has 0 bridgehead atoms. The van der Waals surface area contributed by atoms with E-state index in [9.17, 15) is 18.8 Å². The highest BCUT2D eigenvalue weighted by Gasteiger charge is 2.29. The predicted octanol–water partition coefficient (Wildman–Crippen LogP) is 4.24. The SMILES string of the molecule is CN(C)CC(=O)N(C)c1ccc(N/C(=C2\C(=O)Nc3cc(F)ccc32)c2ccc(N3CCOC3=O)cc2)cc1. The van der Waals surface area contributed by atoms with E-state index in [2.05, 4.69) is 10.6 Å². The van der Waals surface area contributed by atoms with Crippen molar-refractivity contribution in [2.45, 2.75) is 0 Å². The largest absolute Gasteiger partial charge is 0.447 e. The van der Waals surface area contributed by atoms with Crippen molar-refractivity contribution in [2.24, 2.45) is 0 Å². The van der Waals surface area contributed by atoms with E-state index in [4.69, 9.17) is 4.74 Å². The Morgan fingerprint density at radius 2 is 1.74 bits per heavy atom. The summed E-state index contributed by atoms with van der Waals surface area (Å²) >= 11 is 0. The van der Waals surface area contributed by atoms with Gasteiger partial charge >= 0.3 is 6.09 Å². The number of nitrogens with one attached hydrogen (secondary N) is 2. The number of ether oxygens (including phenoxy) is 1. The summed E-state index contributed by atoms with van der Waals surface area (Å²) in [6.45, 7) is 1.08. The van der Waals surface area contributed by atoms with Crippen LogP contribution in [0.1, 0.15) is 11.1 Å². The normalized spacial score (nSPS) is 15.7. The van der Waals surface area contributed by atoms with E-state index in [1.54, 1.807) is 30.1 Å². The molecule has 10 heteroatoms. The second-order valence-electron chi connectivity index (χ2n) is 9.57. The van der Waals surface area contributed by atoms with E-state index in [0.717, 1.165) is 5.69 Å². The van der Waals surface area contributed by atoms with Crippen molar-refractivity contribution in [3.8, 4) is 0 Å². The van der Waals surface area contributed by atoms with Gasteiger partial charge in [-0.25, -0.2) is 9.18 Å². The molecule has 0 atom stereocenters. The highest BCUT2D eigenvalue weighted by Crippen LogP contribution is 2.38. The van der Waals surface area contributed by atoms with Gasteiger partial charge in [-0.3, -0.25) is 14.5 Å².